The van der Waals surface area contributed by atoms with Crippen molar-refractivity contribution in [1.82, 2.24) is 24.9 Å². The average molecular weight is 891 g/mol. The number of benzene rings is 3. The normalized spacial score (nSPS) is 20.9. The summed E-state index contributed by atoms with van der Waals surface area (Å²) in [4.78, 5) is 59.8. The number of ketones is 1. The minimum atomic E-state index is -0.420. The largest absolute Gasteiger partial charge is 0.378 e. The van der Waals surface area contributed by atoms with Crippen molar-refractivity contribution in [3.8, 4) is 0 Å². The van der Waals surface area contributed by atoms with Crippen LogP contribution in [0.4, 0.5) is 11.4 Å². The first kappa shape index (κ1) is 47.3. The maximum Gasteiger partial charge on any atom is 0.219 e. The Bertz CT molecular complexity index is 2110. The molecule has 0 spiro atoms. The molecule has 3 heterocycles. The number of rotatable bonds is 19. The van der Waals surface area contributed by atoms with Crippen molar-refractivity contribution in [2.24, 2.45) is 11.8 Å². The first-order chi connectivity index (χ1) is 31.1. The van der Waals surface area contributed by atoms with Crippen LogP contribution >= 0.6 is 11.6 Å². The van der Waals surface area contributed by atoms with E-state index < -0.39 is 6.04 Å². The second kappa shape index (κ2) is 23.0. The Labute approximate surface area is 385 Å². The van der Waals surface area contributed by atoms with E-state index in [-0.39, 0.29) is 24.2 Å². The number of carbonyl (C=O) groups excluding carboxylic acids is 4. The molecule has 2 saturated heterocycles. The van der Waals surface area contributed by atoms with Crippen molar-refractivity contribution >= 4 is 52.8 Å². The number of likely N-dealkylation sites (N-methyl/N-ethyl adjacent to an activating group) is 1. The number of nitrogens with zero attached hydrogens (tertiary/aromatic N) is 5. The molecule has 3 aliphatic heterocycles. The Balaban J connectivity index is 0.883. The molecular weight excluding hydrogens is 822 g/mol. The van der Waals surface area contributed by atoms with Crippen molar-refractivity contribution in [3.63, 3.8) is 0 Å². The number of hydrogen-bond acceptors (Lipinski definition) is 10. The van der Waals surface area contributed by atoms with Gasteiger partial charge in [-0.15, -0.1) is 0 Å². The Kier molecular flexibility index (Phi) is 17.0. The molecule has 4 aliphatic rings. The first-order valence-electron chi connectivity index (χ1n) is 23.4. The highest BCUT2D eigenvalue weighted by molar-refractivity contribution is 6.30. The molecule has 342 valence electrons. The fourth-order valence-corrected chi connectivity index (χ4v) is 10.3. The molecule has 7 rings (SSSR count). The Morgan fingerprint density at radius 1 is 0.875 bits per heavy atom. The minimum absolute atomic E-state index is 0.0958. The highest BCUT2D eigenvalue weighted by atomic mass is 35.5. The summed E-state index contributed by atoms with van der Waals surface area (Å²) in [5.74, 6) is 1.34. The van der Waals surface area contributed by atoms with E-state index in [1.165, 1.54) is 42.6 Å². The third-order valence-corrected chi connectivity index (χ3v) is 14.3. The van der Waals surface area contributed by atoms with E-state index in [9.17, 15) is 19.2 Å². The van der Waals surface area contributed by atoms with E-state index in [0.29, 0.717) is 30.4 Å². The molecule has 0 aromatic heterocycles. The molecule has 3 atom stereocenters. The summed E-state index contributed by atoms with van der Waals surface area (Å²) < 4.78 is 0. The second-order valence-electron chi connectivity index (χ2n) is 18.6. The van der Waals surface area contributed by atoms with Crippen LogP contribution in [-0.2, 0) is 16.1 Å². The standard InChI is InChI=1S/C52H68ClN7O4/c1-38(63)41-10-15-49(16-11-41)60-27-25-58(26-28-60)34-45-29-40(6-18-51(45)42-7-12-46(53)13-8-42)32-57-23-20-39(21-24-57)31-59-22-4-5-48(35-59)55-47-14-9-43(36-61)44(30-47)33-56(3)50(37-62)17-19-52(64)54-2/h4-5,7-16,30,36-37,39-40,48,50,55H,6,17-29,31-35H2,1-3H3,(H,54,64). The van der Waals surface area contributed by atoms with Gasteiger partial charge in [-0.3, -0.25) is 29.1 Å². The Hall–Kier alpha value is -4.65. The number of Topliss-reactive ketones (excluding diaryl/α,β-unsaturated/α-hetero) is 1. The number of hydrogen-bond donors (Lipinski definition) is 2. The van der Waals surface area contributed by atoms with Gasteiger partial charge in [0.1, 0.15) is 12.6 Å². The number of amides is 1. The first-order valence-corrected chi connectivity index (χ1v) is 23.8. The number of likely N-dealkylation sites (tertiary alicyclic amines) is 1. The summed E-state index contributed by atoms with van der Waals surface area (Å²) >= 11 is 6.33. The molecule has 0 saturated carbocycles. The summed E-state index contributed by atoms with van der Waals surface area (Å²) in [6.07, 6.45) is 12.9. The minimum Gasteiger partial charge on any atom is -0.378 e. The Morgan fingerprint density at radius 3 is 2.30 bits per heavy atom. The fraction of sp³-hybridized carbons (Fsp3) is 0.500. The smallest absolute Gasteiger partial charge is 0.219 e. The number of piperazine rings is 1. The lowest BCUT2D eigenvalue weighted by Gasteiger charge is -2.40. The molecule has 3 aromatic rings. The molecule has 3 unspecified atom stereocenters. The summed E-state index contributed by atoms with van der Waals surface area (Å²) in [5.41, 5.74) is 8.79. The van der Waals surface area contributed by atoms with E-state index in [1.54, 1.807) is 19.5 Å². The van der Waals surface area contributed by atoms with Gasteiger partial charge < -0.3 is 25.2 Å². The highest BCUT2D eigenvalue weighted by Crippen LogP contribution is 2.38. The van der Waals surface area contributed by atoms with Gasteiger partial charge in [-0.2, -0.15) is 0 Å². The maximum absolute atomic E-state index is 12.0. The van der Waals surface area contributed by atoms with E-state index in [0.717, 1.165) is 113 Å². The topological polar surface area (TPSA) is 109 Å². The van der Waals surface area contributed by atoms with Crippen molar-refractivity contribution in [3.05, 3.63) is 112 Å². The molecule has 12 heteroatoms. The van der Waals surface area contributed by atoms with E-state index in [2.05, 4.69) is 66.7 Å². The van der Waals surface area contributed by atoms with Gasteiger partial charge in [-0.1, -0.05) is 41.5 Å². The highest BCUT2D eigenvalue weighted by Gasteiger charge is 2.29. The lowest BCUT2D eigenvalue weighted by Crippen LogP contribution is -2.47. The lowest BCUT2D eigenvalue weighted by molar-refractivity contribution is -0.121. The summed E-state index contributed by atoms with van der Waals surface area (Å²) in [5, 5.41) is 7.09. The van der Waals surface area contributed by atoms with Gasteiger partial charge in [-0.25, -0.2) is 0 Å². The van der Waals surface area contributed by atoms with Crippen molar-refractivity contribution in [1.29, 1.82) is 0 Å². The van der Waals surface area contributed by atoms with E-state index >= 15 is 0 Å². The summed E-state index contributed by atoms with van der Waals surface area (Å²) in [6.45, 7) is 13.5. The molecule has 1 amide bonds. The van der Waals surface area contributed by atoms with Crippen molar-refractivity contribution in [2.45, 2.75) is 70.5 Å². The van der Waals surface area contributed by atoms with Gasteiger partial charge >= 0.3 is 0 Å². The lowest BCUT2D eigenvalue weighted by atomic mass is 9.80. The van der Waals surface area contributed by atoms with Crippen LogP contribution in [0.15, 0.2) is 84.5 Å². The molecule has 2 fully saturated rings. The van der Waals surface area contributed by atoms with Crippen LogP contribution in [0.1, 0.15) is 83.7 Å². The van der Waals surface area contributed by atoms with Crippen LogP contribution in [0.25, 0.3) is 5.57 Å². The van der Waals surface area contributed by atoms with Crippen LogP contribution in [0, 0.1) is 11.8 Å². The third-order valence-electron chi connectivity index (χ3n) is 14.0. The predicted molar refractivity (Wildman–Crippen MR) is 259 cm³/mol. The van der Waals surface area contributed by atoms with Gasteiger partial charge in [0.15, 0.2) is 5.78 Å². The summed E-state index contributed by atoms with van der Waals surface area (Å²) in [7, 11) is 3.45. The second-order valence-corrected chi connectivity index (χ2v) is 19.0. The fourth-order valence-electron chi connectivity index (χ4n) is 10.2. The number of halogens is 1. The summed E-state index contributed by atoms with van der Waals surface area (Å²) in [6, 6.07) is 22.1. The van der Waals surface area contributed by atoms with E-state index in [1.807, 2.05) is 54.4 Å². The molecule has 11 nitrogen and oxygen atoms in total. The van der Waals surface area contributed by atoms with Crippen LogP contribution < -0.4 is 15.5 Å². The third kappa shape index (κ3) is 13.0. The molecule has 2 N–H and O–H groups in total. The van der Waals surface area contributed by atoms with Gasteiger partial charge in [0.25, 0.3) is 0 Å². The predicted octanol–water partition coefficient (Wildman–Crippen LogP) is 7.32. The van der Waals surface area contributed by atoms with Gasteiger partial charge in [-0.05, 0) is 149 Å². The monoisotopic (exact) mass is 890 g/mol. The zero-order valence-corrected chi connectivity index (χ0v) is 38.9. The molecule has 64 heavy (non-hydrogen) atoms. The molecular formula is C52H68ClN7O4. The van der Waals surface area contributed by atoms with Gasteiger partial charge in [0.2, 0.25) is 5.91 Å². The van der Waals surface area contributed by atoms with Gasteiger partial charge in [0, 0.05) is 106 Å². The number of allylic oxidation sites excluding steroid dienone is 1. The molecule has 0 bridgehead atoms. The molecule has 1 aliphatic carbocycles. The Morgan fingerprint density at radius 2 is 1.61 bits per heavy atom. The van der Waals surface area contributed by atoms with Crippen LogP contribution in [0.5, 0.6) is 0 Å². The SMILES string of the molecule is CNC(=O)CCC(C=O)N(C)Cc1cc(NC2C=CCN(CC3CCN(CC4CCC(c5ccc(Cl)cc5)=C(CN5CCN(c6ccc(C(C)=O)cc6)CC5)C4)CC3)C2)ccc1C=O. The molecule has 3 aromatic carbocycles. The zero-order chi connectivity index (χ0) is 45.0. The van der Waals surface area contributed by atoms with Gasteiger partial charge in [0.05, 0.1) is 12.1 Å². The van der Waals surface area contributed by atoms with Crippen molar-refractivity contribution in [2.75, 3.05) is 96.3 Å². The quantitative estimate of drug-likeness (QED) is 0.0723. The van der Waals surface area contributed by atoms with Crippen LogP contribution in [0.3, 0.4) is 0 Å². The van der Waals surface area contributed by atoms with E-state index in [4.69, 9.17) is 11.6 Å². The molecule has 0 radical (unpaired) electrons. The van der Waals surface area contributed by atoms with Crippen LogP contribution in [0.2, 0.25) is 5.02 Å². The number of carbonyl (C=O) groups is 4. The number of nitrogens with one attached hydrogen (secondary N) is 2. The number of aldehydes is 2. The number of piperidine rings is 1. The zero-order valence-electron chi connectivity index (χ0n) is 38.2. The van der Waals surface area contributed by atoms with Crippen LogP contribution in [-0.4, -0.2) is 142 Å². The number of anilines is 2. The van der Waals surface area contributed by atoms with Crippen molar-refractivity contribution < 1.29 is 19.2 Å². The maximum atomic E-state index is 12.0. The average Bonchev–Trinajstić information content (AvgIpc) is 3.31.